The minimum absolute atomic E-state index is 0.195. The number of imide groups is 1. The van der Waals surface area contributed by atoms with Gasteiger partial charge in [0.15, 0.2) is 0 Å². The zero-order valence-corrected chi connectivity index (χ0v) is 13.6. The van der Waals surface area contributed by atoms with Crippen molar-refractivity contribution in [2.45, 2.75) is 26.8 Å². The van der Waals surface area contributed by atoms with E-state index in [1.807, 2.05) is 5.32 Å². The lowest BCUT2D eigenvalue weighted by Gasteiger charge is -2.20. The first-order valence-corrected chi connectivity index (χ1v) is 7.92. The van der Waals surface area contributed by atoms with Crippen molar-refractivity contribution in [2.24, 2.45) is 0 Å². The van der Waals surface area contributed by atoms with E-state index in [0.717, 1.165) is 6.92 Å². The SMILES string of the molecule is C/C=C(/C)C(=O)N(CC(=O)NC(CS(=O)(=O)O)C(=O)O)C(C)=O. The number of hydrogen-bond donors (Lipinski definition) is 3. The van der Waals surface area contributed by atoms with Crippen molar-refractivity contribution in [3.8, 4) is 0 Å². The molecule has 0 saturated carbocycles. The van der Waals surface area contributed by atoms with Crippen LogP contribution in [0.1, 0.15) is 20.8 Å². The lowest BCUT2D eigenvalue weighted by atomic mass is 10.2. The fourth-order valence-corrected chi connectivity index (χ4v) is 2.08. The van der Waals surface area contributed by atoms with E-state index < -0.39 is 52.1 Å². The summed E-state index contributed by atoms with van der Waals surface area (Å²) in [5.74, 6) is -5.48. The van der Waals surface area contributed by atoms with Gasteiger partial charge in [0.25, 0.3) is 16.0 Å². The van der Waals surface area contributed by atoms with Crippen LogP contribution in [0.3, 0.4) is 0 Å². The monoisotopic (exact) mass is 350 g/mol. The van der Waals surface area contributed by atoms with Crippen molar-refractivity contribution in [3.05, 3.63) is 11.6 Å². The van der Waals surface area contributed by atoms with Gasteiger partial charge in [-0.05, 0) is 13.8 Å². The van der Waals surface area contributed by atoms with Crippen molar-refractivity contribution in [1.29, 1.82) is 0 Å². The van der Waals surface area contributed by atoms with Crippen LogP contribution in [-0.4, -0.2) is 65.0 Å². The molecule has 0 bridgehead atoms. The van der Waals surface area contributed by atoms with Crippen LogP contribution in [0.15, 0.2) is 11.6 Å². The van der Waals surface area contributed by atoms with E-state index in [4.69, 9.17) is 9.66 Å². The summed E-state index contributed by atoms with van der Waals surface area (Å²) >= 11 is 0. The molecule has 130 valence electrons. The van der Waals surface area contributed by atoms with Gasteiger partial charge in [-0.25, -0.2) is 4.79 Å². The summed E-state index contributed by atoms with van der Waals surface area (Å²) in [6, 6.07) is -1.91. The Kier molecular flexibility index (Phi) is 7.56. The van der Waals surface area contributed by atoms with E-state index in [-0.39, 0.29) is 5.57 Å². The van der Waals surface area contributed by atoms with E-state index in [1.54, 1.807) is 6.92 Å². The van der Waals surface area contributed by atoms with Crippen LogP contribution in [-0.2, 0) is 29.3 Å². The summed E-state index contributed by atoms with van der Waals surface area (Å²) in [6.45, 7) is 3.24. The molecule has 0 aromatic carbocycles. The molecule has 0 aromatic rings. The zero-order chi connectivity index (χ0) is 18.4. The number of rotatable bonds is 7. The van der Waals surface area contributed by atoms with E-state index in [9.17, 15) is 27.6 Å². The minimum Gasteiger partial charge on any atom is -0.480 e. The highest BCUT2D eigenvalue weighted by Crippen LogP contribution is 2.02. The van der Waals surface area contributed by atoms with Crippen LogP contribution < -0.4 is 5.32 Å². The fourth-order valence-electron chi connectivity index (χ4n) is 1.43. The second-order valence-corrected chi connectivity index (χ2v) is 6.09. The topological polar surface area (TPSA) is 158 Å². The maximum atomic E-state index is 11.9. The smallest absolute Gasteiger partial charge is 0.327 e. The zero-order valence-electron chi connectivity index (χ0n) is 12.8. The molecule has 0 aliphatic heterocycles. The van der Waals surface area contributed by atoms with Crippen molar-refractivity contribution in [3.63, 3.8) is 0 Å². The van der Waals surface area contributed by atoms with Crippen molar-refractivity contribution >= 4 is 33.8 Å². The molecule has 1 unspecified atom stereocenters. The predicted octanol–water partition coefficient (Wildman–Crippen LogP) is -1.22. The number of aliphatic carboxylic acids is 1. The maximum Gasteiger partial charge on any atom is 0.327 e. The highest BCUT2D eigenvalue weighted by molar-refractivity contribution is 7.85. The first kappa shape index (κ1) is 20.7. The molecule has 0 rings (SSSR count). The number of amides is 3. The molecule has 11 heteroatoms. The van der Waals surface area contributed by atoms with Gasteiger partial charge in [0.1, 0.15) is 18.3 Å². The maximum absolute atomic E-state index is 11.9. The molecule has 0 radical (unpaired) electrons. The summed E-state index contributed by atoms with van der Waals surface area (Å²) in [5, 5.41) is 10.6. The second-order valence-electron chi connectivity index (χ2n) is 4.59. The Morgan fingerprint density at radius 3 is 2.09 bits per heavy atom. The van der Waals surface area contributed by atoms with Crippen LogP contribution in [0.4, 0.5) is 0 Å². The number of carbonyl (C=O) groups excluding carboxylic acids is 3. The predicted molar refractivity (Wildman–Crippen MR) is 77.8 cm³/mol. The Balaban J connectivity index is 5.10. The Morgan fingerprint density at radius 2 is 1.74 bits per heavy atom. The Labute approximate surface area is 132 Å². The molecule has 0 aromatic heterocycles. The quantitative estimate of drug-likeness (QED) is 0.381. The van der Waals surface area contributed by atoms with Gasteiger partial charge in [-0.15, -0.1) is 0 Å². The third-order valence-electron chi connectivity index (χ3n) is 2.71. The number of nitrogens with one attached hydrogen (secondary N) is 1. The summed E-state index contributed by atoms with van der Waals surface area (Å²) in [6.07, 6.45) is 1.43. The molecule has 0 saturated heterocycles. The molecule has 0 aliphatic carbocycles. The van der Waals surface area contributed by atoms with Crippen molar-refractivity contribution < 1.29 is 37.3 Å². The first-order chi connectivity index (χ1) is 10.4. The van der Waals surface area contributed by atoms with Gasteiger partial charge < -0.3 is 10.4 Å². The number of nitrogens with zero attached hydrogens (tertiary/aromatic N) is 1. The normalized spacial score (nSPS) is 13.1. The standard InChI is InChI=1S/C12H18N2O8S/c1-4-7(2)11(17)14(8(3)15)5-10(16)13-9(12(18)19)6-23(20,21)22/h4,9H,5-6H2,1-3H3,(H,13,16)(H,18,19)(H,20,21,22)/b7-4-. The van der Waals surface area contributed by atoms with Gasteiger partial charge in [-0.1, -0.05) is 6.08 Å². The van der Waals surface area contributed by atoms with E-state index in [0.29, 0.717) is 4.90 Å². The Morgan fingerprint density at radius 1 is 1.22 bits per heavy atom. The first-order valence-electron chi connectivity index (χ1n) is 6.31. The number of carboxylic acid groups (broad SMARTS) is 1. The molecule has 0 aliphatic rings. The average Bonchev–Trinajstić information content (AvgIpc) is 2.40. The molecule has 0 fully saturated rings. The highest BCUT2D eigenvalue weighted by Gasteiger charge is 2.28. The van der Waals surface area contributed by atoms with Crippen LogP contribution >= 0.6 is 0 Å². The lowest BCUT2D eigenvalue weighted by molar-refractivity contribution is -0.145. The highest BCUT2D eigenvalue weighted by atomic mass is 32.2. The Bertz CT molecular complexity index is 637. The van der Waals surface area contributed by atoms with Gasteiger partial charge in [-0.3, -0.25) is 23.8 Å². The van der Waals surface area contributed by atoms with Gasteiger partial charge in [0.2, 0.25) is 11.8 Å². The van der Waals surface area contributed by atoms with Crippen LogP contribution in [0, 0.1) is 0 Å². The molecule has 3 N–H and O–H groups in total. The van der Waals surface area contributed by atoms with E-state index >= 15 is 0 Å². The van der Waals surface area contributed by atoms with Gasteiger partial charge in [0, 0.05) is 12.5 Å². The van der Waals surface area contributed by atoms with E-state index in [2.05, 4.69) is 0 Å². The molecule has 10 nitrogen and oxygen atoms in total. The molecular weight excluding hydrogens is 332 g/mol. The molecule has 0 heterocycles. The van der Waals surface area contributed by atoms with Gasteiger partial charge >= 0.3 is 5.97 Å². The van der Waals surface area contributed by atoms with Crippen LogP contribution in [0.2, 0.25) is 0 Å². The number of allylic oxidation sites excluding steroid dienone is 1. The summed E-state index contributed by atoms with van der Waals surface area (Å²) in [7, 11) is -4.64. The molecular formula is C12H18N2O8S. The summed E-state index contributed by atoms with van der Waals surface area (Å²) < 4.78 is 30.1. The molecule has 0 spiro atoms. The summed E-state index contributed by atoms with van der Waals surface area (Å²) in [5.41, 5.74) is 0.195. The third-order valence-corrected chi connectivity index (χ3v) is 3.46. The molecule has 1 atom stereocenters. The molecule has 23 heavy (non-hydrogen) atoms. The lowest BCUT2D eigenvalue weighted by Crippen LogP contribution is -2.50. The summed E-state index contributed by atoms with van der Waals surface area (Å²) in [4.78, 5) is 46.6. The number of carbonyl (C=O) groups is 4. The van der Waals surface area contributed by atoms with Gasteiger partial charge in [-0.2, -0.15) is 8.42 Å². The van der Waals surface area contributed by atoms with E-state index in [1.165, 1.54) is 13.0 Å². The van der Waals surface area contributed by atoms with Crippen molar-refractivity contribution in [2.75, 3.05) is 12.3 Å². The number of hydrogen-bond acceptors (Lipinski definition) is 6. The number of carboxylic acids is 1. The molecule has 3 amide bonds. The van der Waals surface area contributed by atoms with Gasteiger partial charge in [0.05, 0.1) is 0 Å². The minimum atomic E-state index is -4.64. The largest absolute Gasteiger partial charge is 0.480 e. The fraction of sp³-hybridized carbons (Fsp3) is 0.500. The van der Waals surface area contributed by atoms with Crippen molar-refractivity contribution in [1.82, 2.24) is 10.2 Å². The van der Waals surface area contributed by atoms with Crippen LogP contribution in [0.5, 0.6) is 0 Å². The third kappa shape index (κ3) is 7.51. The second kappa shape index (κ2) is 8.39. The van der Waals surface area contributed by atoms with Crippen LogP contribution in [0.25, 0.3) is 0 Å². The Hall–Kier alpha value is -2.27. The average molecular weight is 350 g/mol.